The molecule has 1 saturated heterocycles. The van der Waals surface area contributed by atoms with E-state index in [4.69, 9.17) is 11.6 Å². The van der Waals surface area contributed by atoms with Gasteiger partial charge in [0.1, 0.15) is 0 Å². The minimum atomic E-state index is 0.0793. The molecule has 0 N–H and O–H groups in total. The van der Waals surface area contributed by atoms with Crippen molar-refractivity contribution in [1.82, 2.24) is 4.90 Å². The van der Waals surface area contributed by atoms with Gasteiger partial charge in [-0.25, -0.2) is 0 Å². The third kappa shape index (κ3) is 4.39. The minimum Gasteiger partial charge on any atom is -0.368 e. The summed E-state index contributed by atoms with van der Waals surface area (Å²) in [5, 5.41) is 0.609. The number of halogens is 1. The van der Waals surface area contributed by atoms with Gasteiger partial charge in [0.25, 0.3) is 5.91 Å². The Balaban J connectivity index is 0.00000117. The summed E-state index contributed by atoms with van der Waals surface area (Å²) in [6.45, 7) is 13.4. The van der Waals surface area contributed by atoms with Crippen LogP contribution in [-0.2, 0) is 0 Å². The van der Waals surface area contributed by atoms with Crippen LogP contribution in [0.5, 0.6) is 0 Å². The van der Waals surface area contributed by atoms with Crippen molar-refractivity contribution in [2.24, 2.45) is 0 Å². The molecular weight excluding hydrogens is 344 g/mol. The van der Waals surface area contributed by atoms with Crippen LogP contribution in [0.4, 0.5) is 5.69 Å². The fourth-order valence-corrected chi connectivity index (χ4v) is 3.40. The maximum Gasteiger partial charge on any atom is 0.254 e. The van der Waals surface area contributed by atoms with Crippen molar-refractivity contribution in [3.63, 3.8) is 0 Å². The first-order valence-electron chi connectivity index (χ1n) is 9.34. The van der Waals surface area contributed by atoms with E-state index in [1.807, 2.05) is 37.8 Å². The number of piperazine rings is 1. The van der Waals surface area contributed by atoms with Crippen molar-refractivity contribution in [2.45, 2.75) is 34.6 Å². The smallest absolute Gasteiger partial charge is 0.254 e. The molecule has 1 aliphatic rings. The van der Waals surface area contributed by atoms with Gasteiger partial charge >= 0.3 is 0 Å². The minimum absolute atomic E-state index is 0.0793. The van der Waals surface area contributed by atoms with Crippen LogP contribution < -0.4 is 4.90 Å². The van der Waals surface area contributed by atoms with E-state index in [0.29, 0.717) is 10.6 Å². The van der Waals surface area contributed by atoms with E-state index in [9.17, 15) is 4.79 Å². The first-order chi connectivity index (χ1) is 12.5. The normalized spacial score (nSPS) is 13.9. The van der Waals surface area contributed by atoms with Crippen LogP contribution in [0.25, 0.3) is 0 Å². The molecule has 4 heteroatoms. The number of hydrogen-bond donors (Lipinski definition) is 0. The van der Waals surface area contributed by atoms with Gasteiger partial charge in [0.15, 0.2) is 0 Å². The Kier molecular flexibility index (Phi) is 7.10. The van der Waals surface area contributed by atoms with Crippen LogP contribution >= 0.6 is 11.6 Å². The van der Waals surface area contributed by atoms with E-state index in [2.05, 4.69) is 36.9 Å². The molecule has 3 rings (SSSR count). The van der Waals surface area contributed by atoms with Gasteiger partial charge in [0.05, 0.1) is 0 Å². The molecular formula is C22H29ClN2O. The van der Waals surface area contributed by atoms with E-state index in [0.717, 1.165) is 31.7 Å². The predicted octanol–water partition coefficient (Wildman–Crippen LogP) is 5.25. The number of nitrogens with zero attached hydrogens (tertiary/aromatic N) is 2. The van der Waals surface area contributed by atoms with Crippen molar-refractivity contribution in [3.05, 3.63) is 63.7 Å². The second-order valence-corrected chi connectivity index (χ2v) is 6.89. The molecule has 3 nitrogen and oxygen atoms in total. The summed E-state index contributed by atoms with van der Waals surface area (Å²) in [5.41, 5.74) is 5.59. The summed E-state index contributed by atoms with van der Waals surface area (Å²) >= 11 is 6.06. The molecule has 1 heterocycles. The number of carbonyl (C=O) groups is 1. The van der Waals surface area contributed by atoms with E-state index < -0.39 is 0 Å². The van der Waals surface area contributed by atoms with Gasteiger partial charge in [-0.15, -0.1) is 0 Å². The molecule has 0 radical (unpaired) electrons. The summed E-state index contributed by atoms with van der Waals surface area (Å²) in [6.07, 6.45) is 0. The standard InChI is InChI=1S/C20H23ClN2O.C2H6/c1-14-5-4-6-19(16(14)3)22-9-11-23(12-10-22)20(24)18-13-17(21)8-7-15(18)2;1-2/h4-8,13H,9-12H2,1-3H3;1-2H3. The lowest BCUT2D eigenvalue weighted by atomic mass is 10.1. The van der Waals surface area contributed by atoms with Gasteiger partial charge in [-0.3, -0.25) is 4.79 Å². The Morgan fingerprint density at radius 2 is 1.58 bits per heavy atom. The molecule has 0 saturated carbocycles. The fourth-order valence-electron chi connectivity index (χ4n) is 3.22. The number of benzene rings is 2. The molecule has 1 aliphatic heterocycles. The van der Waals surface area contributed by atoms with Gasteiger partial charge in [-0.05, 0) is 55.7 Å². The van der Waals surface area contributed by atoms with Crippen LogP contribution in [0.2, 0.25) is 5.02 Å². The lowest BCUT2D eigenvalue weighted by Crippen LogP contribution is -2.49. The monoisotopic (exact) mass is 372 g/mol. The highest BCUT2D eigenvalue weighted by Gasteiger charge is 2.24. The average molecular weight is 373 g/mol. The molecule has 0 atom stereocenters. The van der Waals surface area contributed by atoms with Gasteiger partial charge in [0.2, 0.25) is 0 Å². The largest absolute Gasteiger partial charge is 0.368 e. The van der Waals surface area contributed by atoms with E-state index in [-0.39, 0.29) is 5.91 Å². The lowest BCUT2D eigenvalue weighted by Gasteiger charge is -2.37. The number of rotatable bonds is 2. The molecule has 140 valence electrons. The second kappa shape index (κ2) is 9.09. The molecule has 0 bridgehead atoms. The Morgan fingerprint density at radius 1 is 0.923 bits per heavy atom. The molecule has 0 aliphatic carbocycles. The topological polar surface area (TPSA) is 23.6 Å². The summed E-state index contributed by atoms with van der Waals surface area (Å²) in [5.74, 6) is 0.0793. The fraction of sp³-hybridized carbons (Fsp3) is 0.409. The zero-order valence-electron chi connectivity index (χ0n) is 16.5. The summed E-state index contributed by atoms with van der Waals surface area (Å²) in [4.78, 5) is 17.1. The maximum absolute atomic E-state index is 12.8. The maximum atomic E-state index is 12.8. The van der Waals surface area contributed by atoms with Crippen LogP contribution in [0.1, 0.15) is 40.9 Å². The molecule has 2 aromatic rings. The molecule has 1 fully saturated rings. The Bertz CT molecular complexity index is 765. The first kappa shape index (κ1) is 20.3. The molecule has 26 heavy (non-hydrogen) atoms. The third-order valence-corrected chi connectivity index (χ3v) is 5.15. The third-order valence-electron chi connectivity index (χ3n) is 4.91. The highest BCUT2D eigenvalue weighted by molar-refractivity contribution is 6.31. The quantitative estimate of drug-likeness (QED) is 0.718. The number of hydrogen-bond acceptors (Lipinski definition) is 2. The molecule has 1 amide bonds. The summed E-state index contributed by atoms with van der Waals surface area (Å²) < 4.78 is 0. The van der Waals surface area contributed by atoms with Gasteiger partial charge < -0.3 is 9.80 Å². The number of anilines is 1. The van der Waals surface area contributed by atoms with E-state index >= 15 is 0 Å². The van der Waals surface area contributed by atoms with Gasteiger partial charge in [-0.2, -0.15) is 0 Å². The van der Waals surface area contributed by atoms with Crippen LogP contribution in [0.3, 0.4) is 0 Å². The van der Waals surface area contributed by atoms with Gasteiger partial charge in [-0.1, -0.05) is 43.6 Å². The molecule has 0 aromatic heterocycles. The summed E-state index contributed by atoms with van der Waals surface area (Å²) in [6, 6.07) is 11.9. The Morgan fingerprint density at radius 3 is 2.23 bits per heavy atom. The summed E-state index contributed by atoms with van der Waals surface area (Å²) in [7, 11) is 0. The number of amides is 1. The lowest BCUT2D eigenvalue weighted by molar-refractivity contribution is 0.0746. The van der Waals surface area contributed by atoms with Crippen LogP contribution in [0, 0.1) is 20.8 Å². The highest BCUT2D eigenvalue weighted by Crippen LogP contribution is 2.25. The number of aryl methyl sites for hydroxylation is 2. The first-order valence-corrected chi connectivity index (χ1v) is 9.72. The van der Waals surface area contributed by atoms with Crippen molar-refractivity contribution in [3.8, 4) is 0 Å². The zero-order valence-corrected chi connectivity index (χ0v) is 17.2. The highest BCUT2D eigenvalue weighted by atomic mass is 35.5. The van der Waals surface area contributed by atoms with Crippen molar-refractivity contribution in [2.75, 3.05) is 31.1 Å². The van der Waals surface area contributed by atoms with E-state index in [1.165, 1.54) is 16.8 Å². The van der Waals surface area contributed by atoms with Gasteiger partial charge in [0, 0.05) is 42.5 Å². The Hall–Kier alpha value is -2.00. The SMILES string of the molecule is CC.Cc1ccc(Cl)cc1C(=O)N1CCN(c2cccc(C)c2C)CC1. The molecule has 0 spiro atoms. The van der Waals surface area contributed by atoms with Crippen molar-refractivity contribution >= 4 is 23.2 Å². The molecule has 2 aromatic carbocycles. The van der Waals surface area contributed by atoms with E-state index in [1.54, 1.807) is 6.07 Å². The predicted molar refractivity (Wildman–Crippen MR) is 112 cm³/mol. The van der Waals surface area contributed by atoms with Crippen molar-refractivity contribution in [1.29, 1.82) is 0 Å². The Labute approximate surface area is 162 Å². The van der Waals surface area contributed by atoms with Crippen molar-refractivity contribution < 1.29 is 4.79 Å². The second-order valence-electron chi connectivity index (χ2n) is 6.46. The molecule has 0 unspecified atom stereocenters. The average Bonchev–Trinajstić information content (AvgIpc) is 2.67. The zero-order chi connectivity index (χ0) is 19.3. The van der Waals surface area contributed by atoms with Crippen LogP contribution in [0.15, 0.2) is 36.4 Å². The van der Waals surface area contributed by atoms with Crippen LogP contribution in [-0.4, -0.2) is 37.0 Å². The number of carbonyl (C=O) groups excluding carboxylic acids is 1.